The molecule has 15 heteroatoms. The number of H-pyrrole nitrogens is 1. The number of para-hydroxylation sites is 1. The van der Waals surface area contributed by atoms with E-state index in [4.69, 9.17) is 9.47 Å². The Morgan fingerprint density at radius 1 is 1.23 bits per heavy atom. The first-order chi connectivity index (χ1) is 15.2. The fourth-order valence-corrected chi connectivity index (χ4v) is 2.57. The van der Waals surface area contributed by atoms with Gasteiger partial charge < -0.3 is 42.1 Å². The maximum absolute atomic E-state index is 11.9. The molecule has 0 radical (unpaired) electrons. The summed E-state index contributed by atoms with van der Waals surface area (Å²) >= 11 is 0. The van der Waals surface area contributed by atoms with E-state index in [0.717, 1.165) is 4.57 Å². The largest absolute Gasteiger partial charge is 2.00 e. The molecule has 0 saturated carbocycles. The number of ether oxygens (including phenoxy) is 2. The summed E-state index contributed by atoms with van der Waals surface area (Å²) in [5.74, 6) is -1.56. The van der Waals surface area contributed by atoms with Crippen LogP contribution in [0.1, 0.15) is 10.4 Å². The second kappa shape index (κ2) is 16.6. The third kappa shape index (κ3) is 9.50. The van der Waals surface area contributed by atoms with Gasteiger partial charge in [0, 0.05) is 27.7 Å². The number of carboxylic acid groups (broad SMARTS) is 1. The van der Waals surface area contributed by atoms with Gasteiger partial charge in [-0.2, -0.15) is 0 Å². The summed E-state index contributed by atoms with van der Waals surface area (Å²) in [7, 11) is 4.50. The van der Waals surface area contributed by atoms with Crippen molar-refractivity contribution in [3.63, 3.8) is 0 Å². The van der Waals surface area contributed by atoms with Crippen molar-refractivity contribution in [2.75, 3.05) is 20.3 Å². The zero-order valence-electron chi connectivity index (χ0n) is 19.9. The van der Waals surface area contributed by atoms with Crippen molar-refractivity contribution in [3.8, 4) is 5.75 Å². The Hall–Kier alpha value is -2.03. The molecule has 3 aromatic rings. The molecule has 180 valence electrons. The smallest absolute Gasteiger partial charge is 0.870 e. The molecule has 1 aromatic carbocycles. The molecular formula is C20H24HgN5NaO8. The number of benzene rings is 1. The van der Waals surface area contributed by atoms with Crippen molar-refractivity contribution in [2.45, 2.75) is 6.10 Å². The van der Waals surface area contributed by atoms with Crippen molar-refractivity contribution >= 4 is 23.0 Å². The number of carbonyl (C=O) groups excluding carboxylic acids is 2. The van der Waals surface area contributed by atoms with Gasteiger partial charge in [-0.25, -0.2) is 9.78 Å². The van der Waals surface area contributed by atoms with Gasteiger partial charge >= 0.3 is 62.9 Å². The molecular weight excluding hydrogens is 662 g/mol. The molecule has 0 spiro atoms. The SMILES string of the molecule is Cn1c(=O)c2nc[nH]c2n(C)c1=O.[CH2-]C(CNC(=O)c1ccccc1OCC(=O)[O-])OC.[Hg+2].[Na+].[OH-]. The van der Waals surface area contributed by atoms with Crippen LogP contribution in [0, 0.1) is 6.92 Å². The molecule has 0 aliphatic carbocycles. The van der Waals surface area contributed by atoms with Gasteiger partial charge in [0.2, 0.25) is 0 Å². The summed E-state index contributed by atoms with van der Waals surface area (Å²) < 4.78 is 12.3. The third-order valence-corrected chi connectivity index (χ3v) is 4.34. The molecule has 2 heterocycles. The number of carbonyl (C=O) groups is 2. The van der Waals surface area contributed by atoms with E-state index in [9.17, 15) is 24.3 Å². The first-order valence-electron chi connectivity index (χ1n) is 9.32. The van der Waals surface area contributed by atoms with Crippen LogP contribution in [0.25, 0.3) is 11.2 Å². The van der Waals surface area contributed by atoms with Gasteiger partial charge in [-0.3, -0.25) is 18.7 Å². The number of hydrogen-bond acceptors (Lipinski definition) is 9. The number of fused-ring (bicyclic) bond motifs is 1. The number of aliphatic carboxylic acids is 1. The minimum Gasteiger partial charge on any atom is -0.870 e. The quantitative estimate of drug-likeness (QED) is 0.182. The first-order valence-corrected chi connectivity index (χ1v) is 9.32. The molecule has 1 amide bonds. The second-order valence-corrected chi connectivity index (χ2v) is 6.53. The molecule has 0 fully saturated rings. The summed E-state index contributed by atoms with van der Waals surface area (Å²) in [6.07, 6.45) is 1.03. The van der Waals surface area contributed by atoms with E-state index in [-0.39, 0.29) is 109 Å². The van der Waals surface area contributed by atoms with Crippen LogP contribution < -0.4 is 56.0 Å². The number of aryl methyl sites for hydroxylation is 1. The third-order valence-electron chi connectivity index (χ3n) is 4.34. The minimum atomic E-state index is -1.35. The number of hydrogen-bond donors (Lipinski definition) is 2. The molecule has 3 N–H and O–H groups in total. The number of carboxylic acids is 1. The molecule has 0 aliphatic rings. The maximum atomic E-state index is 11.9. The van der Waals surface area contributed by atoms with Gasteiger partial charge in [-0.15, -0.1) is 0 Å². The number of methoxy groups -OCH3 is 1. The number of aromatic amines is 1. The molecule has 1 unspecified atom stereocenters. The van der Waals surface area contributed by atoms with Crippen LogP contribution in [0.2, 0.25) is 0 Å². The van der Waals surface area contributed by atoms with Crippen LogP contribution in [-0.4, -0.2) is 62.8 Å². The van der Waals surface area contributed by atoms with Gasteiger partial charge in [-0.05, 0) is 18.2 Å². The molecule has 1 atom stereocenters. The topological polar surface area (TPSA) is 190 Å². The Labute approximate surface area is 242 Å². The normalized spacial score (nSPS) is 10.4. The number of aromatic nitrogens is 4. The summed E-state index contributed by atoms with van der Waals surface area (Å²) in [6.45, 7) is 3.28. The Morgan fingerprint density at radius 3 is 2.46 bits per heavy atom. The standard InChI is InChI=1S/C13H16NO5.C7H8N4O2.Hg.Na.H2O/c1-9(18-2)7-14-13(17)10-5-3-4-6-11(10)19-8-12(15)16;1-10-5-4(8-3-9-5)6(12)11(2)7(10)13;;;/h3-6,9H,1,7-8H2,2H3,(H,14,17)(H,15,16);3H,1-2H3,(H,8,9);;;1H2/q-1;;+2;+1;/p-2. The molecule has 3 rings (SSSR count). The van der Waals surface area contributed by atoms with Crippen LogP contribution in [0.15, 0.2) is 40.2 Å². The average Bonchev–Trinajstić information content (AvgIpc) is 3.29. The Kier molecular flexibility index (Phi) is 16.7. The van der Waals surface area contributed by atoms with E-state index in [1.54, 1.807) is 19.2 Å². The number of nitrogens with zero attached hydrogens (tertiary/aromatic N) is 3. The Morgan fingerprint density at radius 2 is 1.86 bits per heavy atom. The van der Waals surface area contributed by atoms with Crippen molar-refractivity contribution < 1.29 is 86.9 Å². The molecule has 0 bridgehead atoms. The fourth-order valence-electron chi connectivity index (χ4n) is 2.57. The Balaban J connectivity index is 0. The maximum Gasteiger partial charge on any atom is 2.00 e. The molecule has 35 heavy (non-hydrogen) atoms. The van der Waals surface area contributed by atoms with Crippen LogP contribution in [0.5, 0.6) is 5.75 Å². The predicted molar refractivity (Wildman–Crippen MR) is 114 cm³/mol. The number of nitrogens with one attached hydrogen (secondary N) is 2. The van der Waals surface area contributed by atoms with Crippen molar-refractivity contribution in [3.05, 3.63) is 63.9 Å². The van der Waals surface area contributed by atoms with Crippen molar-refractivity contribution in [1.82, 2.24) is 24.4 Å². The minimum absolute atomic E-state index is 0. The van der Waals surface area contributed by atoms with Crippen molar-refractivity contribution in [1.29, 1.82) is 0 Å². The number of amides is 1. The predicted octanol–water partition coefficient (Wildman–Crippen LogP) is -4.82. The molecule has 0 saturated heterocycles. The van der Waals surface area contributed by atoms with Gasteiger partial charge in [0.05, 0.1) is 17.9 Å². The number of rotatable bonds is 7. The van der Waals surface area contributed by atoms with Gasteiger partial charge in [0.15, 0.2) is 5.52 Å². The van der Waals surface area contributed by atoms with Gasteiger partial charge in [0.1, 0.15) is 18.0 Å². The fraction of sp³-hybridized carbons (Fsp3) is 0.300. The van der Waals surface area contributed by atoms with E-state index >= 15 is 0 Å². The van der Waals surface area contributed by atoms with Gasteiger partial charge in [0.25, 0.3) is 11.5 Å². The van der Waals surface area contributed by atoms with Crippen LogP contribution in [-0.2, 0) is 51.3 Å². The summed E-state index contributed by atoms with van der Waals surface area (Å²) in [5, 5.41) is 13.0. The van der Waals surface area contributed by atoms with E-state index < -0.39 is 12.6 Å². The zero-order valence-corrected chi connectivity index (χ0v) is 27.4. The monoisotopic (exact) mass is 687 g/mol. The van der Waals surface area contributed by atoms with E-state index in [1.807, 2.05) is 0 Å². The summed E-state index contributed by atoms with van der Waals surface area (Å²) in [6, 6.07) is 6.33. The van der Waals surface area contributed by atoms with Crippen LogP contribution in [0.3, 0.4) is 0 Å². The zero-order chi connectivity index (χ0) is 23.8. The van der Waals surface area contributed by atoms with E-state index in [0.29, 0.717) is 5.65 Å². The Bertz CT molecular complexity index is 1230. The average molecular weight is 686 g/mol. The van der Waals surface area contributed by atoms with Crippen LogP contribution in [0.4, 0.5) is 0 Å². The van der Waals surface area contributed by atoms with E-state index in [2.05, 4.69) is 22.2 Å². The second-order valence-electron chi connectivity index (χ2n) is 6.53. The molecule has 13 nitrogen and oxygen atoms in total. The van der Waals surface area contributed by atoms with Gasteiger partial charge in [-0.1, -0.05) is 12.1 Å². The van der Waals surface area contributed by atoms with E-state index in [1.165, 1.54) is 37.2 Å². The number of imidazole rings is 1. The molecule has 2 aromatic heterocycles. The van der Waals surface area contributed by atoms with Crippen molar-refractivity contribution in [2.24, 2.45) is 14.1 Å². The van der Waals surface area contributed by atoms with Crippen LogP contribution >= 0.6 is 0 Å². The first kappa shape index (κ1) is 35.1. The summed E-state index contributed by atoms with van der Waals surface area (Å²) in [4.78, 5) is 51.6. The molecule has 0 aliphatic heterocycles. The summed E-state index contributed by atoms with van der Waals surface area (Å²) in [5.41, 5.74) is 0.242.